The summed E-state index contributed by atoms with van der Waals surface area (Å²) < 4.78 is 5.35. The van der Waals surface area contributed by atoms with Gasteiger partial charge in [-0.2, -0.15) is 4.98 Å². The van der Waals surface area contributed by atoms with Gasteiger partial charge in [0.15, 0.2) is 5.69 Å². The number of carboxylic acid groups (broad SMARTS) is 1. The molecule has 2 aromatic rings. The Labute approximate surface area is 146 Å². The molecule has 7 heteroatoms. The Balaban J connectivity index is 1.78. The van der Waals surface area contributed by atoms with Crippen LogP contribution in [0.4, 0.5) is 11.8 Å². The molecule has 132 valence electrons. The number of morpholine rings is 1. The van der Waals surface area contributed by atoms with Gasteiger partial charge in [0.2, 0.25) is 5.95 Å². The molecule has 25 heavy (non-hydrogen) atoms. The average Bonchev–Trinajstić information content (AvgIpc) is 2.67. The molecule has 7 nitrogen and oxygen atoms in total. The monoisotopic (exact) mass is 342 g/mol. The number of ether oxygens (including phenoxy) is 1. The normalized spacial score (nSPS) is 14.4. The lowest BCUT2D eigenvalue weighted by Crippen LogP contribution is -2.37. The first kappa shape index (κ1) is 17.2. The molecule has 0 aliphatic carbocycles. The summed E-state index contributed by atoms with van der Waals surface area (Å²) in [4.78, 5) is 24.1. The summed E-state index contributed by atoms with van der Waals surface area (Å²) in [6.45, 7) is 3.33. The smallest absolute Gasteiger partial charge is 0.354 e. The van der Waals surface area contributed by atoms with Crippen molar-refractivity contribution in [2.45, 2.75) is 6.42 Å². The second kappa shape index (κ2) is 7.94. The third-order valence-corrected chi connectivity index (χ3v) is 4.18. The topological polar surface area (TPSA) is 78.8 Å². The summed E-state index contributed by atoms with van der Waals surface area (Å²) in [5, 5.41) is 9.37. The Kier molecular flexibility index (Phi) is 5.45. The van der Waals surface area contributed by atoms with E-state index in [0.717, 1.165) is 6.42 Å². The summed E-state index contributed by atoms with van der Waals surface area (Å²) in [6, 6.07) is 11.7. The van der Waals surface area contributed by atoms with Crippen LogP contribution < -0.4 is 9.80 Å². The van der Waals surface area contributed by atoms with Crippen LogP contribution in [0.3, 0.4) is 0 Å². The molecule has 0 spiro atoms. The highest BCUT2D eigenvalue weighted by Crippen LogP contribution is 2.18. The minimum Gasteiger partial charge on any atom is -0.477 e. The van der Waals surface area contributed by atoms with Crippen molar-refractivity contribution in [3.05, 3.63) is 47.7 Å². The van der Waals surface area contributed by atoms with Crippen molar-refractivity contribution >= 4 is 17.7 Å². The van der Waals surface area contributed by atoms with Gasteiger partial charge in [-0.05, 0) is 12.0 Å². The van der Waals surface area contributed by atoms with Crippen molar-refractivity contribution in [2.75, 3.05) is 49.7 Å². The number of rotatable bonds is 6. The highest BCUT2D eigenvalue weighted by molar-refractivity contribution is 5.86. The maximum Gasteiger partial charge on any atom is 0.354 e. The SMILES string of the molecule is CN(CCc1ccccc1)c1nc(C(=O)O)cc(N2CCOCC2)n1. The Morgan fingerprint density at radius 2 is 1.96 bits per heavy atom. The zero-order valence-electron chi connectivity index (χ0n) is 14.3. The molecule has 1 aliphatic rings. The summed E-state index contributed by atoms with van der Waals surface area (Å²) in [5.74, 6) is 0.0178. The van der Waals surface area contributed by atoms with Crippen LogP contribution in [0, 0.1) is 0 Å². The molecular weight excluding hydrogens is 320 g/mol. The number of carboxylic acids is 1. The number of hydrogen-bond donors (Lipinski definition) is 1. The van der Waals surface area contributed by atoms with E-state index in [1.807, 2.05) is 35.0 Å². The van der Waals surface area contributed by atoms with E-state index in [0.29, 0.717) is 44.6 Å². The molecule has 1 aliphatic heterocycles. The van der Waals surface area contributed by atoms with E-state index < -0.39 is 5.97 Å². The number of anilines is 2. The van der Waals surface area contributed by atoms with Crippen LogP contribution in [-0.4, -0.2) is 60.9 Å². The lowest BCUT2D eigenvalue weighted by atomic mass is 10.1. The first-order valence-corrected chi connectivity index (χ1v) is 8.33. The average molecular weight is 342 g/mol. The number of nitrogens with zero attached hydrogens (tertiary/aromatic N) is 4. The van der Waals surface area contributed by atoms with Crippen molar-refractivity contribution in [3.8, 4) is 0 Å². The van der Waals surface area contributed by atoms with E-state index >= 15 is 0 Å². The Morgan fingerprint density at radius 1 is 1.24 bits per heavy atom. The van der Waals surface area contributed by atoms with Crippen molar-refractivity contribution in [2.24, 2.45) is 0 Å². The number of carbonyl (C=O) groups is 1. The van der Waals surface area contributed by atoms with Gasteiger partial charge in [0.25, 0.3) is 0 Å². The molecule has 0 unspecified atom stereocenters. The zero-order valence-corrected chi connectivity index (χ0v) is 14.3. The van der Waals surface area contributed by atoms with Crippen LogP contribution in [0.5, 0.6) is 0 Å². The fourth-order valence-corrected chi connectivity index (χ4v) is 2.70. The number of likely N-dealkylation sites (N-methyl/N-ethyl adjacent to an activating group) is 1. The maximum atomic E-state index is 11.4. The molecule has 2 heterocycles. The van der Waals surface area contributed by atoms with Crippen LogP contribution in [0.15, 0.2) is 36.4 Å². The van der Waals surface area contributed by atoms with Crippen LogP contribution in [-0.2, 0) is 11.2 Å². The number of aromatic nitrogens is 2. The van der Waals surface area contributed by atoms with Gasteiger partial charge < -0.3 is 19.6 Å². The number of aromatic carboxylic acids is 1. The van der Waals surface area contributed by atoms with Gasteiger partial charge in [0.1, 0.15) is 5.82 Å². The predicted octanol–water partition coefficient (Wildman–Crippen LogP) is 1.69. The van der Waals surface area contributed by atoms with Gasteiger partial charge in [0, 0.05) is 32.7 Å². The van der Waals surface area contributed by atoms with Crippen molar-refractivity contribution in [1.29, 1.82) is 0 Å². The lowest BCUT2D eigenvalue weighted by molar-refractivity contribution is 0.0690. The summed E-state index contributed by atoms with van der Waals surface area (Å²) in [6.07, 6.45) is 0.838. The first-order chi connectivity index (χ1) is 12.1. The van der Waals surface area contributed by atoms with E-state index in [2.05, 4.69) is 22.1 Å². The van der Waals surface area contributed by atoms with Crippen LogP contribution in [0.2, 0.25) is 0 Å². The fraction of sp³-hybridized carbons (Fsp3) is 0.389. The minimum atomic E-state index is -1.05. The molecule has 3 rings (SSSR count). The summed E-state index contributed by atoms with van der Waals surface area (Å²) in [5.41, 5.74) is 1.23. The van der Waals surface area contributed by atoms with Gasteiger partial charge in [0.05, 0.1) is 13.2 Å². The van der Waals surface area contributed by atoms with Gasteiger partial charge in [-0.15, -0.1) is 0 Å². The first-order valence-electron chi connectivity index (χ1n) is 8.33. The highest BCUT2D eigenvalue weighted by Gasteiger charge is 2.18. The van der Waals surface area contributed by atoms with E-state index in [9.17, 15) is 9.90 Å². The Morgan fingerprint density at radius 3 is 2.64 bits per heavy atom. The van der Waals surface area contributed by atoms with E-state index in [-0.39, 0.29) is 5.69 Å². The zero-order chi connectivity index (χ0) is 17.6. The molecule has 0 saturated carbocycles. The van der Waals surface area contributed by atoms with Gasteiger partial charge in [-0.1, -0.05) is 30.3 Å². The third kappa shape index (κ3) is 4.45. The molecule has 1 saturated heterocycles. The third-order valence-electron chi connectivity index (χ3n) is 4.18. The number of benzene rings is 1. The van der Waals surface area contributed by atoms with Gasteiger partial charge >= 0.3 is 5.97 Å². The quantitative estimate of drug-likeness (QED) is 0.856. The van der Waals surface area contributed by atoms with Gasteiger partial charge in [-0.3, -0.25) is 0 Å². The van der Waals surface area contributed by atoms with Crippen LogP contribution in [0.1, 0.15) is 16.1 Å². The molecule has 0 radical (unpaired) electrons. The van der Waals surface area contributed by atoms with Crippen molar-refractivity contribution < 1.29 is 14.6 Å². The molecule has 1 aromatic carbocycles. The number of hydrogen-bond acceptors (Lipinski definition) is 6. The van der Waals surface area contributed by atoms with Crippen LogP contribution >= 0.6 is 0 Å². The Hall–Kier alpha value is -2.67. The predicted molar refractivity (Wildman–Crippen MR) is 95.4 cm³/mol. The summed E-state index contributed by atoms with van der Waals surface area (Å²) >= 11 is 0. The molecule has 1 N–H and O–H groups in total. The molecule has 0 amide bonds. The largest absolute Gasteiger partial charge is 0.477 e. The fourth-order valence-electron chi connectivity index (χ4n) is 2.70. The summed E-state index contributed by atoms with van der Waals surface area (Å²) in [7, 11) is 1.88. The van der Waals surface area contributed by atoms with Gasteiger partial charge in [-0.25, -0.2) is 9.78 Å². The second-order valence-electron chi connectivity index (χ2n) is 5.97. The van der Waals surface area contributed by atoms with Crippen molar-refractivity contribution in [1.82, 2.24) is 9.97 Å². The molecular formula is C18H22N4O3. The standard InChI is InChI=1S/C18H22N4O3/c1-21(8-7-14-5-3-2-4-6-14)18-19-15(17(23)24)13-16(20-18)22-9-11-25-12-10-22/h2-6,13H,7-12H2,1H3,(H,23,24). The molecule has 1 fully saturated rings. The lowest BCUT2D eigenvalue weighted by Gasteiger charge is -2.29. The van der Waals surface area contributed by atoms with E-state index in [1.165, 1.54) is 11.6 Å². The Bertz CT molecular complexity index is 718. The van der Waals surface area contributed by atoms with Crippen LogP contribution in [0.25, 0.3) is 0 Å². The second-order valence-corrected chi connectivity index (χ2v) is 5.97. The van der Waals surface area contributed by atoms with E-state index in [4.69, 9.17) is 4.74 Å². The molecule has 0 atom stereocenters. The van der Waals surface area contributed by atoms with E-state index in [1.54, 1.807) is 0 Å². The maximum absolute atomic E-state index is 11.4. The highest BCUT2D eigenvalue weighted by atomic mass is 16.5. The minimum absolute atomic E-state index is 0.0121. The molecule has 1 aromatic heterocycles. The molecule has 0 bridgehead atoms. The van der Waals surface area contributed by atoms with Crippen molar-refractivity contribution in [3.63, 3.8) is 0 Å².